The molecule has 2 aliphatic heterocycles. The van der Waals surface area contributed by atoms with Crippen LogP contribution in [0.5, 0.6) is 23.0 Å². The van der Waals surface area contributed by atoms with Crippen LogP contribution < -0.4 is 18.1 Å². The van der Waals surface area contributed by atoms with E-state index in [9.17, 15) is 9.59 Å². The standard InChI is InChI=1S/C60H52O8P2/c1-9-13-37-15-19-47-49(25-37)35(5)23-55(67-69-57-33-45(63-7)31-43(57)29-41-27-39(51(61)11-3)17-21-53(41)65-69)59(47)60-48-20-16-38(14-10-2)26-50(48)36(6)24-56(60)68-70-58-34-46(64-8)32-44(58)30-42-28-40(52(62)12-4)18-22-54(42)66-70/h9-28,31-34,57-58H,3-4,29-30H2,1-2,5-8H3/b13-9+,14-10+. The van der Waals surface area contributed by atoms with E-state index in [-0.39, 0.29) is 22.9 Å². The van der Waals surface area contributed by atoms with Crippen molar-refractivity contribution in [2.45, 2.75) is 51.9 Å². The normalized spacial score (nSPS) is 19.0. The summed E-state index contributed by atoms with van der Waals surface area (Å²) in [5, 5.41) is 4.08. The maximum Gasteiger partial charge on any atom is 0.302 e. The van der Waals surface area contributed by atoms with Crippen molar-refractivity contribution in [3.05, 3.63) is 214 Å². The first-order chi connectivity index (χ1) is 34.0. The topological polar surface area (TPSA) is 89.5 Å². The Morgan fingerprint density at radius 2 is 1.01 bits per heavy atom. The fraction of sp³-hybridized carbons (Fsp3) is 0.167. The number of methoxy groups -OCH3 is 2. The highest BCUT2D eigenvalue weighted by atomic mass is 31.2. The average molecular weight is 963 g/mol. The molecule has 0 saturated heterocycles. The fourth-order valence-electron chi connectivity index (χ4n) is 9.79. The van der Waals surface area contributed by atoms with E-state index in [2.05, 4.69) is 112 Å². The molecule has 4 atom stereocenters. The van der Waals surface area contributed by atoms with Gasteiger partial charge in [-0.05, 0) is 204 Å². The molecule has 8 nitrogen and oxygen atoms in total. The number of hydrogen-bond donors (Lipinski definition) is 0. The van der Waals surface area contributed by atoms with Gasteiger partial charge >= 0.3 is 16.8 Å². The van der Waals surface area contributed by atoms with Gasteiger partial charge in [-0.2, -0.15) is 0 Å². The van der Waals surface area contributed by atoms with E-state index >= 15 is 0 Å². The van der Waals surface area contributed by atoms with Crippen LogP contribution in [0.4, 0.5) is 0 Å². The third-order valence-corrected chi connectivity index (χ3v) is 16.6. The highest BCUT2D eigenvalue weighted by molar-refractivity contribution is 7.50. The van der Waals surface area contributed by atoms with E-state index < -0.39 is 16.8 Å². The minimum absolute atomic E-state index is 0.155. The zero-order valence-corrected chi connectivity index (χ0v) is 41.8. The monoisotopic (exact) mass is 962 g/mol. The average Bonchev–Trinajstić information content (AvgIpc) is 3.91. The van der Waals surface area contributed by atoms with Crippen LogP contribution in [-0.2, 0) is 22.3 Å². The maximum absolute atomic E-state index is 12.8. The van der Waals surface area contributed by atoms with Crippen LogP contribution in [0.3, 0.4) is 0 Å². The van der Waals surface area contributed by atoms with Crippen molar-refractivity contribution in [3.63, 3.8) is 0 Å². The summed E-state index contributed by atoms with van der Waals surface area (Å²) in [6, 6.07) is 28.4. The molecule has 6 aromatic carbocycles. The molecule has 10 heteroatoms. The first kappa shape index (κ1) is 46.5. The zero-order valence-electron chi connectivity index (χ0n) is 40.0. The summed E-state index contributed by atoms with van der Waals surface area (Å²) in [6.07, 6.45) is 20.3. The predicted molar refractivity (Wildman–Crippen MR) is 285 cm³/mol. The second-order valence-electron chi connectivity index (χ2n) is 17.7. The molecule has 0 bridgehead atoms. The van der Waals surface area contributed by atoms with Crippen LogP contribution in [0.25, 0.3) is 44.8 Å². The Labute approximate surface area is 411 Å². The quantitative estimate of drug-likeness (QED) is 0.0642. The highest BCUT2D eigenvalue weighted by Crippen LogP contribution is 2.60. The van der Waals surface area contributed by atoms with Gasteiger partial charge in [0.2, 0.25) is 0 Å². The third-order valence-electron chi connectivity index (χ3n) is 13.2. The van der Waals surface area contributed by atoms with Crippen LogP contribution >= 0.6 is 16.8 Å². The maximum atomic E-state index is 12.8. The fourth-order valence-corrected chi connectivity index (χ4v) is 13.1. The van der Waals surface area contributed by atoms with Gasteiger partial charge in [0.05, 0.1) is 25.5 Å². The van der Waals surface area contributed by atoms with E-state index in [4.69, 9.17) is 27.6 Å². The molecule has 2 aliphatic carbocycles. The Hall–Kier alpha value is -7.24. The molecular weight excluding hydrogens is 911 g/mol. The molecule has 0 spiro atoms. The van der Waals surface area contributed by atoms with E-state index in [1.54, 1.807) is 26.4 Å². The zero-order chi connectivity index (χ0) is 48.8. The van der Waals surface area contributed by atoms with Crippen LogP contribution in [0, 0.1) is 13.8 Å². The lowest BCUT2D eigenvalue weighted by Gasteiger charge is -2.28. The largest absolute Gasteiger partial charge is 0.497 e. The smallest absolute Gasteiger partial charge is 0.302 e. The van der Waals surface area contributed by atoms with E-state index in [1.807, 2.05) is 50.3 Å². The van der Waals surface area contributed by atoms with Crippen molar-refractivity contribution < 1.29 is 37.2 Å². The number of carbonyl (C=O) groups excluding carboxylic acids is 2. The van der Waals surface area contributed by atoms with Crippen molar-refractivity contribution >= 4 is 62.0 Å². The molecule has 4 unspecified atom stereocenters. The third kappa shape index (κ3) is 8.61. The van der Waals surface area contributed by atoms with Crippen LogP contribution in [0.15, 0.2) is 169 Å². The molecule has 70 heavy (non-hydrogen) atoms. The lowest BCUT2D eigenvalue weighted by molar-refractivity contribution is 0.103. The molecule has 4 aliphatic rings. The Kier molecular flexibility index (Phi) is 12.8. The summed E-state index contributed by atoms with van der Waals surface area (Å²) in [7, 11) is -0.188. The van der Waals surface area contributed by atoms with Gasteiger partial charge in [0, 0.05) is 22.3 Å². The van der Waals surface area contributed by atoms with Gasteiger partial charge < -0.3 is 27.6 Å². The molecule has 2 heterocycles. The second-order valence-corrected chi connectivity index (χ2v) is 20.7. The summed E-state index contributed by atoms with van der Waals surface area (Å²) >= 11 is 0. The van der Waals surface area contributed by atoms with Gasteiger partial charge in [-0.25, -0.2) is 0 Å². The highest BCUT2D eigenvalue weighted by Gasteiger charge is 2.40. The first-order valence-electron chi connectivity index (χ1n) is 23.2. The number of fused-ring (bicyclic) bond motifs is 6. The van der Waals surface area contributed by atoms with Crippen LogP contribution in [0.1, 0.15) is 67.9 Å². The van der Waals surface area contributed by atoms with Crippen molar-refractivity contribution in [2.75, 3.05) is 14.2 Å². The van der Waals surface area contributed by atoms with Gasteiger partial charge in [-0.15, -0.1) is 0 Å². The minimum atomic E-state index is -1.76. The van der Waals surface area contributed by atoms with E-state index in [0.29, 0.717) is 47.0 Å². The van der Waals surface area contributed by atoms with Crippen LogP contribution in [0.2, 0.25) is 0 Å². The number of aryl methyl sites for hydroxylation is 2. The Morgan fingerprint density at radius 1 is 0.586 bits per heavy atom. The SMILES string of the molecule is C=CC(=O)c1ccc2c(c1)CC1=CC(OC)=CC1P(Oc1cc(C)c3cc(/C=C/C)ccc3c1-c1c(OP3Oc4ccc(C(=O)C=C)cc4CC4=CC(OC)=CC43)cc(C)c3cc(/C=C/C)ccc13)O2. The summed E-state index contributed by atoms with van der Waals surface area (Å²) in [5.41, 5.74) is 10.4. The van der Waals surface area contributed by atoms with Gasteiger partial charge in [-0.3, -0.25) is 9.59 Å². The molecule has 6 aromatic rings. The number of hydrogen-bond acceptors (Lipinski definition) is 8. The van der Waals surface area contributed by atoms with E-state index in [1.165, 1.54) is 12.2 Å². The lowest BCUT2D eigenvalue weighted by Crippen LogP contribution is -2.12. The summed E-state index contributed by atoms with van der Waals surface area (Å²) in [5.74, 6) is 3.72. The molecular formula is C60H52O8P2. The number of ether oxygens (including phenoxy) is 2. The van der Waals surface area contributed by atoms with Gasteiger partial charge in [0.1, 0.15) is 34.5 Å². The van der Waals surface area contributed by atoms with Gasteiger partial charge in [0.15, 0.2) is 11.6 Å². The van der Waals surface area contributed by atoms with Gasteiger partial charge in [0.25, 0.3) is 0 Å². The Bertz CT molecular complexity index is 3180. The Morgan fingerprint density at radius 3 is 1.40 bits per heavy atom. The first-order valence-corrected chi connectivity index (χ1v) is 25.7. The predicted octanol–water partition coefficient (Wildman–Crippen LogP) is 15.4. The second kappa shape index (κ2) is 19.3. The molecule has 0 N–H and O–H groups in total. The number of ketones is 2. The molecule has 0 saturated carbocycles. The van der Waals surface area contributed by atoms with E-state index in [0.717, 1.165) is 88.7 Å². The number of benzene rings is 6. The lowest BCUT2D eigenvalue weighted by atomic mass is 9.88. The van der Waals surface area contributed by atoms with Crippen molar-refractivity contribution in [1.82, 2.24) is 0 Å². The van der Waals surface area contributed by atoms with Crippen LogP contribution in [-0.4, -0.2) is 37.1 Å². The summed E-state index contributed by atoms with van der Waals surface area (Å²) in [4.78, 5) is 25.7. The molecule has 10 rings (SSSR count). The van der Waals surface area contributed by atoms with Crippen molar-refractivity contribution in [1.29, 1.82) is 0 Å². The summed E-state index contributed by atoms with van der Waals surface area (Å²) < 4.78 is 40.7. The molecule has 0 amide bonds. The Balaban J connectivity index is 1.20. The molecule has 350 valence electrons. The molecule has 0 radical (unpaired) electrons. The van der Waals surface area contributed by atoms with Crippen molar-refractivity contribution in [3.8, 4) is 34.1 Å². The molecule has 0 fully saturated rings. The minimum Gasteiger partial charge on any atom is -0.497 e. The summed E-state index contributed by atoms with van der Waals surface area (Å²) in [6.45, 7) is 15.7. The van der Waals surface area contributed by atoms with Crippen molar-refractivity contribution in [2.24, 2.45) is 0 Å². The number of carbonyl (C=O) groups is 2. The number of rotatable bonds is 13. The van der Waals surface area contributed by atoms with Gasteiger partial charge in [-0.1, -0.05) is 61.7 Å². The number of allylic oxidation sites excluding steroid dienone is 10. The molecule has 0 aromatic heterocycles.